The fourth-order valence-corrected chi connectivity index (χ4v) is 3.67. The van der Waals surface area contributed by atoms with Crippen molar-refractivity contribution in [3.05, 3.63) is 58.1 Å². The summed E-state index contributed by atoms with van der Waals surface area (Å²) in [4.78, 5) is 10.6. The summed E-state index contributed by atoms with van der Waals surface area (Å²) in [7, 11) is 0. The lowest BCUT2D eigenvalue weighted by molar-refractivity contribution is 0.580. The van der Waals surface area contributed by atoms with Crippen LogP contribution in [0.3, 0.4) is 0 Å². The van der Waals surface area contributed by atoms with Crippen LogP contribution in [0.4, 0.5) is 0 Å². The van der Waals surface area contributed by atoms with Crippen molar-refractivity contribution >= 4 is 32.9 Å². The van der Waals surface area contributed by atoms with Gasteiger partial charge in [0, 0.05) is 11.3 Å². The highest BCUT2D eigenvalue weighted by Crippen LogP contribution is 2.31. The fourth-order valence-electron chi connectivity index (χ4n) is 2.14. The second-order valence-electron chi connectivity index (χ2n) is 4.36. The Labute approximate surface area is 123 Å². The monoisotopic (exact) mass is 298 g/mol. The van der Waals surface area contributed by atoms with E-state index in [4.69, 9.17) is 9.40 Å². The van der Waals surface area contributed by atoms with Gasteiger partial charge in [0.1, 0.15) is 11.5 Å². The Bertz CT molecular complexity index is 832. The maximum absolute atomic E-state index is 5.51. The molecule has 0 saturated heterocycles. The van der Waals surface area contributed by atoms with Crippen LogP contribution in [0.2, 0.25) is 0 Å². The quantitative estimate of drug-likeness (QED) is 0.554. The van der Waals surface area contributed by atoms with Gasteiger partial charge in [-0.2, -0.15) is 0 Å². The molecule has 0 radical (unpaired) electrons. The molecule has 4 heterocycles. The molecule has 0 atom stereocenters. The molecule has 5 heteroatoms. The summed E-state index contributed by atoms with van der Waals surface area (Å²) >= 11 is 3.37. The topological polar surface area (TPSA) is 38.9 Å². The average molecular weight is 298 g/mol. The van der Waals surface area contributed by atoms with Crippen molar-refractivity contribution in [2.45, 2.75) is 6.42 Å². The second-order valence-corrected chi connectivity index (χ2v) is 6.31. The largest absolute Gasteiger partial charge is 0.463 e. The number of hydrogen-bond donors (Lipinski definition) is 0. The van der Waals surface area contributed by atoms with Gasteiger partial charge >= 0.3 is 0 Å². The standard InChI is InChI=1S/C15H10N2OS2/c1-4-12(18-6-1)14-15-11(5-8-20-15)16-13(17-14)9-10-3-2-7-19-10/h1-8H,9H2. The molecule has 4 aromatic heterocycles. The molecule has 98 valence electrons. The number of hydrogen-bond acceptors (Lipinski definition) is 5. The molecule has 0 bridgehead atoms. The molecular weight excluding hydrogens is 288 g/mol. The molecule has 0 aliphatic carbocycles. The van der Waals surface area contributed by atoms with Crippen molar-refractivity contribution < 1.29 is 4.42 Å². The summed E-state index contributed by atoms with van der Waals surface area (Å²) in [5.74, 6) is 1.64. The number of rotatable bonds is 3. The van der Waals surface area contributed by atoms with E-state index in [1.807, 2.05) is 23.6 Å². The molecular formula is C15H10N2OS2. The number of furan rings is 1. The lowest BCUT2D eigenvalue weighted by Gasteiger charge is -2.03. The first-order valence-corrected chi connectivity index (χ1v) is 7.96. The Kier molecular flexibility index (Phi) is 2.86. The van der Waals surface area contributed by atoms with Gasteiger partial charge in [-0.1, -0.05) is 6.07 Å². The number of thiophene rings is 2. The Balaban J connectivity index is 1.86. The van der Waals surface area contributed by atoms with Gasteiger partial charge in [-0.15, -0.1) is 22.7 Å². The Hall–Kier alpha value is -1.98. The maximum Gasteiger partial charge on any atom is 0.153 e. The Morgan fingerprint density at radius 2 is 2.00 bits per heavy atom. The van der Waals surface area contributed by atoms with E-state index in [1.165, 1.54) is 4.88 Å². The zero-order chi connectivity index (χ0) is 13.4. The number of nitrogens with zero attached hydrogens (tertiary/aromatic N) is 2. The third-order valence-corrected chi connectivity index (χ3v) is 4.80. The molecule has 0 amide bonds. The lowest BCUT2D eigenvalue weighted by Crippen LogP contribution is -1.97. The van der Waals surface area contributed by atoms with Crippen LogP contribution in [-0.4, -0.2) is 9.97 Å². The molecule has 0 aromatic carbocycles. The van der Waals surface area contributed by atoms with Crippen LogP contribution >= 0.6 is 22.7 Å². The number of aromatic nitrogens is 2. The minimum atomic E-state index is 0.761. The average Bonchev–Trinajstić information content (AvgIpc) is 3.20. The van der Waals surface area contributed by atoms with E-state index in [1.54, 1.807) is 28.9 Å². The van der Waals surface area contributed by atoms with Crippen LogP contribution in [0, 0.1) is 0 Å². The van der Waals surface area contributed by atoms with E-state index in [9.17, 15) is 0 Å². The highest BCUT2D eigenvalue weighted by Gasteiger charge is 2.13. The summed E-state index contributed by atoms with van der Waals surface area (Å²) in [5.41, 5.74) is 1.88. The van der Waals surface area contributed by atoms with Gasteiger partial charge in [0.05, 0.1) is 16.5 Å². The van der Waals surface area contributed by atoms with Gasteiger partial charge in [0.25, 0.3) is 0 Å². The summed E-state index contributed by atoms with van der Waals surface area (Å²) in [6.45, 7) is 0. The van der Waals surface area contributed by atoms with Crippen molar-refractivity contribution in [3.63, 3.8) is 0 Å². The van der Waals surface area contributed by atoms with E-state index < -0.39 is 0 Å². The van der Waals surface area contributed by atoms with Gasteiger partial charge in [-0.3, -0.25) is 0 Å². The Morgan fingerprint density at radius 3 is 2.80 bits per heavy atom. The molecule has 20 heavy (non-hydrogen) atoms. The summed E-state index contributed by atoms with van der Waals surface area (Å²) < 4.78 is 6.58. The molecule has 4 rings (SSSR count). The maximum atomic E-state index is 5.51. The van der Waals surface area contributed by atoms with Crippen molar-refractivity contribution in [1.29, 1.82) is 0 Å². The molecule has 0 unspecified atom stereocenters. The Morgan fingerprint density at radius 1 is 1.00 bits per heavy atom. The molecule has 4 aromatic rings. The molecule has 0 saturated carbocycles. The zero-order valence-electron chi connectivity index (χ0n) is 10.4. The van der Waals surface area contributed by atoms with Crippen molar-refractivity contribution in [3.8, 4) is 11.5 Å². The highest BCUT2D eigenvalue weighted by molar-refractivity contribution is 7.17. The lowest BCUT2D eigenvalue weighted by atomic mass is 10.2. The normalized spacial score (nSPS) is 11.2. The van der Waals surface area contributed by atoms with Crippen molar-refractivity contribution in [1.82, 2.24) is 9.97 Å². The van der Waals surface area contributed by atoms with Gasteiger partial charge in [0.15, 0.2) is 5.76 Å². The van der Waals surface area contributed by atoms with Gasteiger partial charge in [0.2, 0.25) is 0 Å². The third-order valence-electron chi connectivity index (χ3n) is 3.02. The minimum absolute atomic E-state index is 0.761. The highest BCUT2D eigenvalue weighted by atomic mass is 32.1. The third kappa shape index (κ3) is 2.05. The van der Waals surface area contributed by atoms with E-state index in [0.717, 1.165) is 33.9 Å². The van der Waals surface area contributed by atoms with Crippen molar-refractivity contribution in [2.24, 2.45) is 0 Å². The summed E-state index contributed by atoms with van der Waals surface area (Å²) in [6, 6.07) is 10.0. The van der Waals surface area contributed by atoms with Crippen LogP contribution in [-0.2, 0) is 6.42 Å². The van der Waals surface area contributed by atoms with Crippen LogP contribution in [0.1, 0.15) is 10.7 Å². The molecule has 0 spiro atoms. The van der Waals surface area contributed by atoms with Crippen LogP contribution in [0.15, 0.2) is 51.8 Å². The van der Waals surface area contributed by atoms with Crippen LogP contribution in [0.5, 0.6) is 0 Å². The fraction of sp³-hybridized carbons (Fsp3) is 0.0667. The first-order chi connectivity index (χ1) is 9.90. The zero-order valence-corrected chi connectivity index (χ0v) is 12.1. The van der Waals surface area contributed by atoms with Crippen molar-refractivity contribution in [2.75, 3.05) is 0 Å². The molecule has 0 fully saturated rings. The van der Waals surface area contributed by atoms with Crippen LogP contribution < -0.4 is 0 Å². The molecule has 0 aliphatic heterocycles. The van der Waals surface area contributed by atoms with E-state index in [-0.39, 0.29) is 0 Å². The first-order valence-electron chi connectivity index (χ1n) is 6.20. The van der Waals surface area contributed by atoms with E-state index in [2.05, 4.69) is 22.5 Å². The summed E-state index contributed by atoms with van der Waals surface area (Å²) in [6.07, 6.45) is 2.44. The van der Waals surface area contributed by atoms with Gasteiger partial charge < -0.3 is 4.42 Å². The minimum Gasteiger partial charge on any atom is -0.463 e. The predicted molar refractivity (Wildman–Crippen MR) is 82.2 cm³/mol. The van der Waals surface area contributed by atoms with E-state index in [0.29, 0.717) is 0 Å². The first kappa shape index (κ1) is 11.8. The summed E-state index contributed by atoms with van der Waals surface area (Å²) in [5, 5.41) is 4.12. The molecule has 3 nitrogen and oxygen atoms in total. The molecule has 0 aliphatic rings. The van der Waals surface area contributed by atoms with Gasteiger partial charge in [-0.25, -0.2) is 9.97 Å². The van der Waals surface area contributed by atoms with Gasteiger partial charge in [-0.05, 0) is 35.0 Å². The second kappa shape index (κ2) is 4.85. The van der Waals surface area contributed by atoms with E-state index >= 15 is 0 Å². The number of fused-ring (bicyclic) bond motifs is 1. The van der Waals surface area contributed by atoms with Crippen LogP contribution in [0.25, 0.3) is 21.7 Å². The predicted octanol–water partition coefficient (Wildman–Crippen LogP) is 4.60. The smallest absolute Gasteiger partial charge is 0.153 e. The SMILES string of the molecule is c1coc(-c2nc(Cc3cccs3)nc3ccsc23)c1. The molecule has 0 N–H and O–H groups in total.